The summed E-state index contributed by atoms with van der Waals surface area (Å²) in [6.45, 7) is 4.66. The number of hydrogen-bond acceptors (Lipinski definition) is 19. The molecule has 0 saturated carbocycles. The monoisotopic (exact) mass is 664 g/mol. The molecule has 2 saturated heterocycles. The molecule has 0 aromatic heterocycles. The van der Waals surface area contributed by atoms with Crippen molar-refractivity contribution in [1.82, 2.24) is 0 Å². The summed E-state index contributed by atoms with van der Waals surface area (Å²) in [5, 5.41) is 13.3. The lowest BCUT2D eigenvalue weighted by Gasteiger charge is -2.48. The fraction of sp³-hybridized carbons (Fsp3) is 0.750. The first-order valence-corrected chi connectivity index (χ1v) is 13.3. The van der Waals surface area contributed by atoms with E-state index in [0.717, 1.165) is 41.5 Å². The second-order valence-corrected chi connectivity index (χ2v) is 9.61. The normalized spacial score (nSPS) is 30.3. The van der Waals surface area contributed by atoms with Crippen LogP contribution in [-0.2, 0) is 76.2 Å². The highest BCUT2D eigenvalue weighted by Crippen LogP contribution is 2.35. The predicted molar refractivity (Wildman–Crippen MR) is 139 cm³/mol. The van der Waals surface area contributed by atoms with Crippen molar-refractivity contribution in [2.45, 2.75) is 103 Å². The minimum Gasteiger partial charge on any atom is -0.463 e. The maximum atomic E-state index is 12.2. The Morgan fingerprint density at radius 1 is 0.674 bits per heavy atom. The molecule has 2 fully saturated rings. The molecule has 256 valence electrons. The third-order valence-electron chi connectivity index (χ3n) is 5.98. The maximum absolute atomic E-state index is 12.2. The van der Waals surface area contributed by atoms with Gasteiger partial charge in [-0.3, -0.25) is 33.6 Å². The Kier molecular flexibility index (Phi) is 13.9. The largest absolute Gasteiger partial charge is 0.463 e. The highest BCUT2D eigenvalue weighted by molar-refractivity contribution is 5.69. The molecular weight excluding hydrogens is 632 g/mol. The van der Waals surface area contributed by atoms with Crippen LogP contribution in [0.15, 0.2) is 5.11 Å². The van der Waals surface area contributed by atoms with E-state index in [1.165, 1.54) is 0 Å². The molecular formula is C24H32N4O18. The summed E-state index contributed by atoms with van der Waals surface area (Å²) in [6.07, 6.45) is -15.5. The Labute approximate surface area is 259 Å². The van der Waals surface area contributed by atoms with Crippen molar-refractivity contribution in [3.8, 4) is 0 Å². The van der Waals surface area contributed by atoms with Crippen LogP contribution in [0.2, 0.25) is 0 Å². The number of carbonyl (C=O) groups is 6. The summed E-state index contributed by atoms with van der Waals surface area (Å²) < 4.78 is 48.8. The van der Waals surface area contributed by atoms with Gasteiger partial charge < -0.3 is 42.6 Å². The van der Waals surface area contributed by atoms with Crippen molar-refractivity contribution in [2.24, 2.45) is 5.11 Å². The van der Waals surface area contributed by atoms with Crippen LogP contribution in [-0.4, -0.2) is 115 Å². The smallest absolute Gasteiger partial charge is 0.303 e. The molecule has 0 amide bonds. The van der Waals surface area contributed by atoms with Gasteiger partial charge in [-0.05, 0) is 5.53 Å². The number of ether oxygens (including phenoxy) is 9. The van der Waals surface area contributed by atoms with Crippen LogP contribution in [0.4, 0.5) is 0 Å². The van der Waals surface area contributed by atoms with Gasteiger partial charge in [-0.1, -0.05) is 5.11 Å². The standard InChI is InChI=1S/C24H32N4O18/c1-9(29)37-7-15-18(20(40-12(4)32)17(26-27-25)23(43-15)46-28(35)36)45-24-22(42-14(6)34)21(41-13(5)33)19(39-11(3)31)16(44-24)8-38-10(2)30/h15-24H,7-8H2,1-6H3/t15-,16-,17-,18-,19+,20-,21+,22-,23?,24+/m1/s1. The molecule has 0 bridgehead atoms. The SMILES string of the molecule is CC(=O)OC[C@H]1O[C@@H](O[C@H]2[C@H](OC(C)=O)[C@@H](N=[N+]=[N-])C(O[N+](=O)[O-])O[C@@H]2COC(C)=O)[C@H](OC(C)=O)[C@@H](OC(C)=O)[C@H]1OC(C)=O. The Balaban J connectivity index is 2.72. The Hall–Kier alpha value is -4.79. The molecule has 0 aliphatic carbocycles. The topological polar surface area (TPSA) is 287 Å². The average Bonchev–Trinajstić information content (AvgIpc) is 2.91. The average molecular weight is 665 g/mol. The van der Waals surface area contributed by atoms with Crippen molar-refractivity contribution in [1.29, 1.82) is 0 Å². The van der Waals surface area contributed by atoms with E-state index in [2.05, 4.69) is 14.9 Å². The van der Waals surface area contributed by atoms with Gasteiger partial charge >= 0.3 is 35.8 Å². The van der Waals surface area contributed by atoms with Gasteiger partial charge in [-0.2, -0.15) is 0 Å². The van der Waals surface area contributed by atoms with Crippen LogP contribution in [0.5, 0.6) is 0 Å². The molecule has 0 aromatic rings. The van der Waals surface area contributed by atoms with Crippen LogP contribution in [0.1, 0.15) is 41.5 Å². The lowest BCUT2D eigenvalue weighted by Crippen LogP contribution is -2.66. The van der Waals surface area contributed by atoms with E-state index in [1.807, 2.05) is 0 Å². The van der Waals surface area contributed by atoms with Crippen molar-refractivity contribution < 1.29 is 81.3 Å². The van der Waals surface area contributed by atoms with Crippen molar-refractivity contribution in [3.63, 3.8) is 0 Å². The van der Waals surface area contributed by atoms with Gasteiger partial charge in [0.05, 0.1) is 0 Å². The summed E-state index contributed by atoms with van der Waals surface area (Å²) in [6, 6.07) is -1.82. The van der Waals surface area contributed by atoms with Gasteiger partial charge in [-0.25, -0.2) is 0 Å². The lowest BCUT2D eigenvalue weighted by molar-refractivity contribution is -0.783. The number of hydrogen-bond donors (Lipinski definition) is 0. The number of rotatable bonds is 13. The van der Waals surface area contributed by atoms with Gasteiger partial charge in [0.2, 0.25) is 6.29 Å². The molecule has 22 heteroatoms. The fourth-order valence-corrected chi connectivity index (χ4v) is 4.52. The third kappa shape index (κ3) is 11.0. The summed E-state index contributed by atoms with van der Waals surface area (Å²) in [5.74, 6) is -5.46. The van der Waals surface area contributed by atoms with Crippen molar-refractivity contribution in [2.75, 3.05) is 13.2 Å². The van der Waals surface area contributed by atoms with Gasteiger partial charge in [0.1, 0.15) is 43.7 Å². The molecule has 0 spiro atoms. The molecule has 2 rings (SSSR count). The highest BCUT2D eigenvalue weighted by atomic mass is 17.0. The minimum atomic E-state index is -2.02. The van der Waals surface area contributed by atoms with Crippen LogP contribution < -0.4 is 0 Å². The highest BCUT2D eigenvalue weighted by Gasteiger charge is 2.57. The molecule has 0 radical (unpaired) electrons. The van der Waals surface area contributed by atoms with E-state index >= 15 is 0 Å². The predicted octanol–water partition coefficient (Wildman–Crippen LogP) is -0.438. The van der Waals surface area contributed by atoms with Crippen LogP contribution in [0.25, 0.3) is 10.4 Å². The van der Waals surface area contributed by atoms with Crippen LogP contribution in [0, 0.1) is 10.1 Å². The van der Waals surface area contributed by atoms with Gasteiger partial charge in [-0.15, -0.1) is 10.1 Å². The van der Waals surface area contributed by atoms with E-state index in [-0.39, 0.29) is 0 Å². The Morgan fingerprint density at radius 3 is 1.57 bits per heavy atom. The zero-order chi connectivity index (χ0) is 34.7. The van der Waals surface area contributed by atoms with Crippen molar-refractivity contribution >= 4 is 35.8 Å². The lowest BCUT2D eigenvalue weighted by atomic mass is 9.95. The van der Waals surface area contributed by atoms with Crippen molar-refractivity contribution in [3.05, 3.63) is 20.6 Å². The van der Waals surface area contributed by atoms with Crippen LogP contribution >= 0.6 is 0 Å². The zero-order valence-electron chi connectivity index (χ0n) is 25.3. The summed E-state index contributed by atoms with van der Waals surface area (Å²) in [7, 11) is 0. The van der Waals surface area contributed by atoms with E-state index in [9.17, 15) is 44.4 Å². The van der Waals surface area contributed by atoms with E-state index in [0.29, 0.717) is 0 Å². The van der Waals surface area contributed by atoms with Crippen LogP contribution in [0.3, 0.4) is 0 Å². The number of esters is 6. The van der Waals surface area contributed by atoms with Gasteiger partial charge in [0.25, 0.3) is 5.09 Å². The number of azide groups is 1. The first kappa shape index (κ1) is 37.4. The second kappa shape index (κ2) is 17.1. The first-order chi connectivity index (χ1) is 21.5. The van der Waals surface area contributed by atoms with E-state index in [4.69, 9.17) is 42.6 Å². The minimum absolute atomic E-state index is 0.622. The summed E-state index contributed by atoms with van der Waals surface area (Å²) in [5.41, 5.74) is 9.18. The quantitative estimate of drug-likeness (QED) is 0.0458. The Morgan fingerprint density at radius 2 is 1.11 bits per heavy atom. The molecule has 0 N–H and O–H groups in total. The zero-order valence-corrected chi connectivity index (χ0v) is 25.3. The maximum Gasteiger partial charge on any atom is 0.303 e. The first-order valence-electron chi connectivity index (χ1n) is 13.3. The molecule has 46 heavy (non-hydrogen) atoms. The molecule has 0 aromatic carbocycles. The van der Waals surface area contributed by atoms with E-state index in [1.54, 1.807) is 0 Å². The molecule has 1 unspecified atom stereocenters. The third-order valence-corrected chi connectivity index (χ3v) is 5.98. The summed E-state index contributed by atoms with van der Waals surface area (Å²) >= 11 is 0. The second-order valence-electron chi connectivity index (χ2n) is 9.61. The molecule has 10 atom stereocenters. The number of carbonyl (C=O) groups excluding carboxylic acids is 6. The molecule has 2 heterocycles. The summed E-state index contributed by atoms with van der Waals surface area (Å²) in [4.78, 5) is 90.1. The van der Waals surface area contributed by atoms with E-state index < -0.39 is 115 Å². The Bertz CT molecular complexity index is 1220. The van der Waals surface area contributed by atoms with Gasteiger partial charge in [0.15, 0.2) is 24.6 Å². The fourth-order valence-electron chi connectivity index (χ4n) is 4.52. The number of nitrogens with zero attached hydrogens (tertiary/aromatic N) is 4. The van der Waals surface area contributed by atoms with Gasteiger partial charge in [0, 0.05) is 46.5 Å². The molecule has 2 aliphatic heterocycles. The molecule has 2 aliphatic rings. The molecule has 22 nitrogen and oxygen atoms in total.